The highest BCUT2D eigenvalue weighted by atomic mass is 16.5. The summed E-state index contributed by atoms with van der Waals surface area (Å²) in [5.74, 6) is -0.366. The predicted octanol–water partition coefficient (Wildman–Crippen LogP) is 0.726. The summed E-state index contributed by atoms with van der Waals surface area (Å²) >= 11 is 0. The van der Waals surface area contributed by atoms with Gasteiger partial charge in [0.25, 0.3) is 0 Å². The van der Waals surface area contributed by atoms with Crippen LogP contribution in [-0.2, 0) is 11.2 Å². The van der Waals surface area contributed by atoms with Crippen molar-refractivity contribution >= 4 is 5.97 Å². The van der Waals surface area contributed by atoms with Crippen LogP contribution in [-0.4, -0.2) is 29.8 Å². The molecule has 0 aliphatic rings. The van der Waals surface area contributed by atoms with Gasteiger partial charge in [-0.25, -0.2) is 4.79 Å². The predicted molar refractivity (Wildman–Crippen MR) is 47.5 cm³/mol. The molecule has 0 unspecified atom stereocenters. The third-order valence-corrected chi connectivity index (χ3v) is 1.77. The second kappa shape index (κ2) is 4.67. The van der Waals surface area contributed by atoms with E-state index in [0.29, 0.717) is 12.1 Å². The molecule has 0 bridgehead atoms. The van der Waals surface area contributed by atoms with E-state index in [9.17, 15) is 4.79 Å². The van der Waals surface area contributed by atoms with Crippen molar-refractivity contribution in [3.05, 3.63) is 23.5 Å². The van der Waals surface area contributed by atoms with Gasteiger partial charge in [0.15, 0.2) is 0 Å². The van der Waals surface area contributed by atoms with Gasteiger partial charge in [-0.15, -0.1) is 0 Å². The number of aromatic amines is 1. The molecule has 13 heavy (non-hydrogen) atoms. The molecule has 4 heteroatoms. The van der Waals surface area contributed by atoms with Crippen molar-refractivity contribution in [2.45, 2.75) is 12.8 Å². The van der Waals surface area contributed by atoms with Crippen molar-refractivity contribution in [1.29, 1.82) is 0 Å². The molecule has 0 aromatic carbocycles. The number of aliphatic hydroxyl groups is 1. The van der Waals surface area contributed by atoms with Crippen molar-refractivity contribution in [1.82, 2.24) is 4.98 Å². The smallest absolute Gasteiger partial charge is 0.354 e. The van der Waals surface area contributed by atoms with Crippen LogP contribution in [0.3, 0.4) is 0 Å². The van der Waals surface area contributed by atoms with Crippen LogP contribution in [0.1, 0.15) is 22.5 Å². The third-order valence-electron chi connectivity index (χ3n) is 1.77. The van der Waals surface area contributed by atoms with E-state index in [0.717, 1.165) is 12.0 Å². The number of methoxy groups -OCH3 is 1. The number of esters is 1. The number of nitrogens with one attached hydrogen (secondary N) is 1. The molecule has 1 aromatic rings. The van der Waals surface area contributed by atoms with Crippen LogP contribution in [0.25, 0.3) is 0 Å². The summed E-state index contributed by atoms with van der Waals surface area (Å²) in [4.78, 5) is 13.8. The first-order valence-electron chi connectivity index (χ1n) is 4.14. The first kappa shape index (κ1) is 9.80. The molecule has 4 nitrogen and oxygen atoms in total. The summed E-state index contributed by atoms with van der Waals surface area (Å²) < 4.78 is 4.53. The number of aliphatic hydroxyl groups excluding tert-OH is 1. The zero-order chi connectivity index (χ0) is 9.68. The number of carbonyl (C=O) groups excluding carboxylic acids is 1. The number of H-pyrrole nitrogens is 1. The van der Waals surface area contributed by atoms with E-state index in [1.807, 2.05) is 0 Å². The lowest BCUT2D eigenvalue weighted by atomic mass is 10.2. The van der Waals surface area contributed by atoms with Gasteiger partial charge in [0.1, 0.15) is 5.69 Å². The number of rotatable bonds is 4. The molecule has 1 heterocycles. The van der Waals surface area contributed by atoms with Crippen molar-refractivity contribution < 1.29 is 14.6 Å². The van der Waals surface area contributed by atoms with Gasteiger partial charge in [-0.3, -0.25) is 0 Å². The Morgan fingerprint density at radius 1 is 1.69 bits per heavy atom. The van der Waals surface area contributed by atoms with Gasteiger partial charge in [0, 0.05) is 12.8 Å². The fourth-order valence-electron chi connectivity index (χ4n) is 1.09. The molecule has 0 fully saturated rings. The Morgan fingerprint density at radius 3 is 3.08 bits per heavy atom. The van der Waals surface area contributed by atoms with E-state index in [1.54, 1.807) is 12.3 Å². The Labute approximate surface area is 76.5 Å². The molecule has 0 aliphatic heterocycles. The summed E-state index contributed by atoms with van der Waals surface area (Å²) in [6, 6.07) is 1.74. The molecule has 1 rings (SSSR count). The standard InChI is InChI=1S/C9H13NO3/c1-13-9(12)8-5-7(6-10-8)3-2-4-11/h5-6,10-11H,2-4H2,1H3. The maximum atomic E-state index is 11.0. The summed E-state index contributed by atoms with van der Waals surface area (Å²) in [7, 11) is 1.34. The number of aryl methyl sites for hydroxylation is 1. The Hall–Kier alpha value is -1.29. The molecule has 0 saturated carbocycles. The Kier molecular flexibility index (Phi) is 3.52. The van der Waals surface area contributed by atoms with Crippen LogP contribution in [0.2, 0.25) is 0 Å². The molecule has 0 saturated heterocycles. The molecule has 0 amide bonds. The van der Waals surface area contributed by atoms with E-state index in [-0.39, 0.29) is 12.6 Å². The van der Waals surface area contributed by atoms with Crippen LogP contribution >= 0.6 is 0 Å². The molecule has 0 atom stereocenters. The lowest BCUT2D eigenvalue weighted by molar-refractivity contribution is 0.0595. The lowest BCUT2D eigenvalue weighted by Crippen LogP contribution is -2.00. The molecular weight excluding hydrogens is 170 g/mol. The van der Waals surface area contributed by atoms with E-state index in [4.69, 9.17) is 5.11 Å². The van der Waals surface area contributed by atoms with Gasteiger partial charge < -0.3 is 14.8 Å². The molecule has 0 aliphatic carbocycles. The van der Waals surface area contributed by atoms with E-state index < -0.39 is 0 Å². The zero-order valence-corrected chi connectivity index (χ0v) is 7.54. The fraction of sp³-hybridized carbons (Fsp3) is 0.444. The largest absolute Gasteiger partial charge is 0.464 e. The first-order chi connectivity index (χ1) is 6.27. The zero-order valence-electron chi connectivity index (χ0n) is 7.54. The fourth-order valence-corrected chi connectivity index (χ4v) is 1.09. The van der Waals surface area contributed by atoms with Crippen molar-refractivity contribution in [3.63, 3.8) is 0 Å². The van der Waals surface area contributed by atoms with Crippen molar-refractivity contribution in [2.24, 2.45) is 0 Å². The topological polar surface area (TPSA) is 62.3 Å². The average Bonchev–Trinajstić information content (AvgIpc) is 2.62. The van der Waals surface area contributed by atoms with Crippen LogP contribution in [0, 0.1) is 0 Å². The molecule has 72 valence electrons. The van der Waals surface area contributed by atoms with E-state index >= 15 is 0 Å². The minimum absolute atomic E-state index is 0.165. The van der Waals surface area contributed by atoms with Crippen LogP contribution < -0.4 is 0 Å². The second-order valence-electron chi connectivity index (χ2n) is 2.74. The summed E-state index contributed by atoms with van der Waals surface area (Å²) in [5.41, 5.74) is 1.46. The van der Waals surface area contributed by atoms with E-state index in [2.05, 4.69) is 9.72 Å². The van der Waals surface area contributed by atoms with Crippen LogP contribution in [0.4, 0.5) is 0 Å². The summed E-state index contributed by atoms with van der Waals surface area (Å²) in [6.07, 6.45) is 3.23. The number of hydrogen-bond acceptors (Lipinski definition) is 3. The van der Waals surface area contributed by atoms with Gasteiger partial charge in [0.05, 0.1) is 7.11 Å². The van der Waals surface area contributed by atoms with Gasteiger partial charge in [-0.1, -0.05) is 0 Å². The summed E-state index contributed by atoms with van der Waals surface area (Å²) in [5, 5.41) is 8.59. The number of hydrogen-bond donors (Lipinski definition) is 2. The molecule has 1 aromatic heterocycles. The van der Waals surface area contributed by atoms with Gasteiger partial charge >= 0.3 is 5.97 Å². The van der Waals surface area contributed by atoms with Gasteiger partial charge in [-0.2, -0.15) is 0 Å². The monoisotopic (exact) mass is 183 g/mol. The van der Waals surface area contributed by atoms with Crippen molar-refractivity contribution in [2.75, 3.05) is 13.7 Å². The number of aromatic nitrogens is 1. The van der Waals surface area contributed by atoms with Crippen LogP contribution in [0.15, 0.2) is 12.3 Å². The van der Waals surface area contributed by atoms with E-state index in [1.165, 1.54) is 7.11 Å². The highest BCUT2D eigenvalue weighted by Gasteiger charge is 2.07. The van der Waals surface area contributed by atoms with Crippen molar-refractivity contribution in [3.8, 4) is 0 Å². The maximum Gasteiger partial charge on any atom is 0.354 e. The quantitative estimate of drug-likeness (QED) is 0.676. The van der Waals surface area contributed by atoms with Crippen LogP contribution in [0.5, 0.6) is 0 Å². The second-order valence-corrected chi connectivity index (χ2v) is 2.74. The highest BCUT2D eigenvalue weighted by molar-refractivity contribution is 5.87. The maximum absolute atomic E-state index is 11.0. The number of carbonyl (C=O) groups is 1. The molecule has 0 spiro atoms. The minimum Gasteiger partial charge on any atom is -0.464 e. The SMILES string of the molecule is COC(=O)c1cc(CCCO)c[nH]1. The molecule has 2 N–H and O–H groups in total. The van der Waals surface area contributed by atoms with Gasteiger partial charge in [-0.05, 0) is 24.5 Å². The Morgan fingerprint density at radius 2 is 2.46 bits per heavy atom. The molecular formula is C9H13NO3. The average molecular weight is 183 g/mol. The molecule has 0 radical (unpaired) electrons. The first-order valence-corrected chi connectivity index (χ1v) is 4.14. The number of ether oxygens (including phenoxy) is 1. The lowest BCUT2D eigenvalue weighted by Gasteiger charge is -1.93. The minimum atomic E-state index is -0.366. The Balaban J connectivity index is 2.58. The summed E-state index contributed by atoms with van der Waals surface area (Å²) in [6.45, 7) is 0.165. The van der Waals surface area contributed by atoms with Gasteiger partial charge in [0.2, 0.25) is 0 Å². The normalized spacial score (nSPS) is 10.0. The Bertz CT molecular complexity index is 280. The highest BCUT2D eigenvalue weighted by Crippen LogP contribution is 2.06. The third kappa shape index (κ3) is 2.59.